The van der Waals surface area contributed by atoms with Crippen molar-refractivity contribution in [3.8, 4) is 11.1 Å². The molecule has 0 saturated carbocycles. The zero-order valence-corrected chi connectivity index (χ0v) is 22.9. The van der Waals surface area contributed by atoms with Gasteiger partial charge in [-0.3, -0.25) is 4.79 Å². The lowest BCUT2D eigenvalue weighted by molar-refractivity contribution is -0.167. The van der Waals surface area contributed by atoms with Gasteiger partial charge >= 0.3 is 6.18 Å². The summed E-state index contributed by atoms with van der Waals surface area (Å²) in [6, 6.07) is 12.5. The van der Waals surface area contributed by atoms with Gasteiger partial charge in [0.05, 0.1) is 0 Å². The van der Waals surface area contributed by atoms with Crippen LogP contribution >= 0.6 is 0 Å². The second-order valence-electron chi connectivity index (χ2n) is 11.8. The summed E-state index contributed by atoms with van der Waals surface area (Å²) in [5.74, 6) is -1.76. The first kappa shape index (κ1) is 27.0. The smallest absolute Gasteiger partial charge is 0.348 e. The molecule has 0 spiro atoms. The number of hydrogen-bond donors (Lipinski definition) is 0. The number of Topliss-reactive ketones (excluding diaryl/α,β-unsaturated/α-hetero) is 1. The first-order chi connectivity index (χ1) is 17.1. The van der Waals surface area contributed by atoms with Gasteiger partial charge in [0.25, 0.3) is 5.78 Å². The third kappa shape index (κ3) is 5.34. The summed E-state index contributed by atoms with van der Waals surface area (Å²) in [6.45, 7) is 15.8. The van der Waals surface area contributed by atoms with Gasteiger partial charge in [0.1, 0.15) is 0 Å². The minimum atomic E-state index is -4.88. The number of ketones is 1. The van der Waals surface area contributed by atoms with Crippen molar-refractivity contribution in [2.45, 2.75) is 67.5 Å². The Morgan fingerprint density at radius 2 is 1.22 bits per heavy atom. The lowest BCUT2D eigenvalue weighted by Crippen LogP contribution is -2.39. The van der Waals surface area contributed by atoms with Crippen LogP contribution in [0.1, 0.15) is 58.6 Å². The van der Waals surface area contributed by atoms with Crippen LogP contribution < -0.4 is 9.80 Å². The van der Waals surface area contributed by atoms with E-state index in [4.69, 9.17) is 0 Å². The average Bonchev–Trinajstić information content (AvgIpc) is 2.80. The zero-order chi connectivity index (χ0) is 27.3. The van der Waals surface area contributed by atoms with E-state index in [1.807, 2.05) is 19.1 Å². The lowest BCUT2D eigenvalue weighted by atomic mass is 9.77. The number of nitrogens with zero attached hydrogens (tertiary/aromatic N) is 2. The Morgan fingerprint density at radius 1 is 0.757 bits per heavy atom. The van der Waals surface area contributed by atoms with Gasteiger partial charge in [-0.2, -0.15) is 13.2 Å². The molecule has 0 bridgehead atoms. The van der Waals surface area contributed by atoms with Crippen LogP contribution in [-0.4, -0.2) is 25.0 Å². The fourth-order valence-corrected chi connectivity index (χ4v) is 5.21. The fraction of sp³-hybridized carbons (Fsp3) is 0.452. The van der Waals surface area contributed by atoms with E-state index < -0.39 is 17.4 Å². The number of anilines is 2. The highest BCUT2D eigenvalue weighted by atomic mass is 19.4. The van der Waals surface area contributed by atoms with Gasteiger partial charge in [0.2, 0.25) is 0 Å². The van der Waals surface area contributed by atoms with Gasteiger partial charge in [-0.05, 0) is 91.0 Å². The molecule has 2 heterocycles. The van der Waals surface area contributed by atoms with Crippen LogP contribution in [0.3, 0.4) is 0 Å². The third-order valence-corrected chi connectivity index (χ3v) is 8.23. The predicted molar refractivity (Wildman–Crippen MR) is 146 cm³/mol. The van der Waals surface area contributed by atoms with Crippen LogP contribution in [0.2, 0.25) is 0 Å². The summed E-state index contributed by atoms with van der Waals surface area (Å²) in [5, 5.41) is 0. The molecule has 0 atom stereocenters. The maximum absolute atomic E-state index is 13.2. The van der Waals surface area contributed by atoms with Crippen molar-refractivity contribution in [2.24, 2.45) is 10.8 Å². The van der Waals surface area contributed by atoms with E-state index in [2.05, 4.69) is 63.1 Å². The van der Waals surface area contributed by atoms with E-state index in [1.54, 1.807) is 18.7 Å². The molecule has 0 aliphatic carbocycles. The number of halogens is 3. The molecule has 0 aromatic heterocycles. The second kappa shape index (κ2) is 9.38. The first-order valence-electron chi connectivity index (χ1n) is 12.9. The van der Waals surface area contributed by atoms with Gasteiger partial charge in [-0.15, -0.1) is 0 Å². The number of benzene rings is 2. The highest BCUT2D eigenvalue weighted by Gasteiger charge is 2.46. The van der Waals surface area contributed by atoms with Crippen molar-refractivity contribution in [1.82, 2.24) is 0 Å². The standard InChI is InChI=1S/C31H37F3N2O/c1-20-16-23(8-10-26(20)35-14-12-29(4,5)22(3)18-35)24-9-11-27(21(2)17-24)36-15-13-30(6,7)25(19-36)28(37)31(32,33)34/h8-11,16-19H,12-15H2,1-7H3. The Labute approximate surface area is 218 Å². The fourth-order valence-electron chi connectivity index (χ4n) is 5.21. The number of carbonyl (C=O) groups excluding carboxylic acids is 1. The topological polar surface area (TPSA) is 23.6 Å². The van der Waals surface area contributed by atoms with Crippen LogP contribution in [0.4, 0.5) is 24.5 Å². The van der Waals surface area contributed by atoms with Crippen LogP contribution in [0, 0.1) is 24.7 Å². The number of hydrogen-bond acceptors (Lipinski definition) is 3. The van der Waals surface area contributed by atoms with Crippen molar-refractivity contribution < 1.29 is 18.0 Å². The number of allylic oxidation sites excluding steroid dienone is 2. The maximum Gasteiger partial charge on any atom is 0.454 e. The summed E-state index contributed by atoms with van der Waals surface area (Å²) in [5.41, 5.74) is 6.90. The molecule has 198 valence electrons. The Balaban J connectivity index is 1.61. The van der Waals surface area contributed by atoms with E-state index in [1.165, 1.54) is 23.0 Å². The lowest BCUT2D eigenvalue weighted by Gasteiger charge is -2.37. The van der Waals surface area contributed by atoms with Gasteiger partial charge in [-0.1, -0.05) is 45.4 Å². The monoisotopic (exact) mass is 510 g/mol. The summed E-state index contributed by atoms with van der Waals surface area (Å²) in [6.07, 6.45) is 0.346. The summed E-state index contributed by atoms with van der Waals surface area (Å²) >= 11 is 0. The van der Waals surface area contributed by atoms with E-state index in [0.717, 1.165) is 35.3 Å². The number of rotatable bonds is 4. The first-order valence-corrected chi connectivity index (χ1v) is 12.9. The Morgan fingerprint density at radius 3 is 1.65 bits per heavy atom. The Kier molecular flexibility index (Phi) is 6.85. The van der Waals surface area contributed by atoms with Crippen molar-refractivity contribution in [1.29, 1.82) is 0 Å². The van der Waals surface area contributed by atoms with Gasteiger partial charge in [0, 0.05) is 42.4 Å². The molecule has 2 aromatic rings. The van der Waals surface area contributed by atoms with Crippen molar-refractivity contribution >= 4 is 17.2 Å². The quantitative estimate of drug-likeness (QED) is 0.413. The molecule has 2 aliphatic heterocycles. The van der Waals surface area contributed by atoms with E-state index in [0.29, 0.717) is 13.0 Å². The number of alkyl halides is 3. The van der Waals surface area contributed by atoms with E-state index in [-0.39, 0.29) is 11.0 Å². The van der Waals surface area contributed by atoms with Crippen LogP contribution in [0.25, 0.3) is 11.1 Å². The molecule has 0 fully saturated rings. The molecule has 2 aromatic carbocycles. The third-order valence-electron chi connectivity index (χ3n) is 8.23. The Bertz CT molecular complexity index is 1280. The van der Waals surface area contributed by atoms with Gasteiger partial charge < -0.3 is 9.80 Å². The minimum absolute atomic E-state index is 0.189. The summed E-state index contributed by atoms with van der Waals surface area (Å²) < 4.78 is 39.7. The number of aryl methyl sites for hydroxylation is 2. The number of carbonyl (C=O) groups is 1. The molecule has 2 aliphatic rings. The van der Waals surface area contributed by atoms with E-state index in [9.17, 15) is 18.0 Å². The summed E-state index contributed by atoms with van der Waals surface area (Å²) in [4.78, 5) is 16.2. The largest absolute Gasteiger partial charge is 0.454 e. The van der Waals surface area contributed by atoms with Gasteiger partial charge in [0.15, 0.2) is 0 Å². The predicted octanol–water partition coefficient (Wildman–Crippen LogP) is 8.36. The minimum Gasteiger partial charge on any atom is -0.348 e. The van der Waals surface area contributed by atoms with Crippen LogP contribution in [0.5, 0.6) is 0 Å². The highest BCUT2D eigenvalue weighted by Crippen LogP contribution is 2.41. The normalized spacial score (nSPS) is 19.4. The molecule has 0 radical (unpaired) electrons. The van der Waals surface area contributed by atoms with Crippen molar-refractivity contribution in [3.63, 3.8) is 0 Å². The molecule has 4 rings (SSSR count). The molecule has 37 heavy (non-hydrogen) atoms. The van der Waals surface area contributed by atoms with Gasteiger partial charge in [-0.25, -0.2) is 0 Å². The molecule has 3 nitrogen and oxygen atoms in total. The summed E-state index contributed by atoms with van der Waals surface area (Å²) in [7, 11) is 0. The molecule has 6 heteroatoms. The SMILES string of the molecule is CC1=CN(c2ccc(-c3ccc(N4C=C(C(=O)C(F)(F)F)C(C)(C)CC4)c(C)c3)cc2C)CCC1(C)C. The molecule has 0 unspecified atom stereocenters. The highest BCUT2D eigenvalue weighted by molar-refractivity contribution is 6.01. The maximum atomic E-state index is 13.2. The molecular formula is C31H37F3N2O. The van der Waals surface area contributed by atoms with E-state index >= 15 is 0 Å². The Hall–Kier alpha value is -3.02. The average molecular weight is 511 g/mol. The van der Waals surface area contributed by atoms with Crippen molar-refractivity contribution in [3.05, 3.63) is 71.1 Å². The molecular weight excluding hydrogens is 473 g/mol. The molecule has 0 N–H and O–H groups in total. The van der Waals surface area contributed by atoms with Crippen molar-refractivity contribution in [2.75, 3.05) is 22.9 Å². The zero-order valence-electron chi connectivity index (χ0n) is 22.9. The van der Waals surface area contributed by atoms with Crippen LogP contribution in [0.15, 0.2) is 59.9 Å². The second-order valence-corrected chi connectivity index (χ2v) is 11.8. The molecule has 0 saturated heterocycles. The van der Waals surface area contributed by atoms with Crippen LogP contribution in [-0.2, 0) is 4.79 Å². The molecule has 0 amide bonds.